The number of ether oxygens (including phenoxy) is 1. The number of benzene rings is 7. The first-order valence-electron chi connectivity index (χ1n) is 26.9. The zero-order chi connectivity index (χ0) is 62.6. The molecule has 0 saturated heterocycles. The molecule has 2 atom stereocenters. The maximum Gasteiger partial charge on any atom is 0.337 e. The largest absolute Gasteiger partial charge is 0.506 e. The van der Waals surface area contributed by atoms with Crippen LogP contribution >= 0.6 is 69.9 Å². The quantitative estimate of drug-likeness (QED) is 0.0325. The number of esters is 1. The lowest BCUT2D eigenvalue weighted by Crippen LogP contribution is -2.34. The number of carbonyl (C=O) groups excluding carboxylic acids is 5. The van der Waals surface area contributed by atoms with E-state index in [2.05, 4.69) is 32.1 Å². The predicted molar refractivity (Wildman–Crippen MR) is 342 cm³/mol. The number of thioether (sulfide) groups is 1. The number of hydrogen-bond donors (Lipinski definition) is 6. The predicted octanol–water partition coefficient (Wildman–Crippen LogP) is 15.3. The average molecular weight is 1320 g/mol. The van der Waals surface area contributed by atoms with Crippen molar-refractivity contribution in [2.75, 3.05) is 28.4 Å². The summed E-state index contributed by atoms with van der Waals surface area (Å²) in [7, 11) is -6.84. The fourth-order valence-corrected chi connectivity index (χ4v) is 15.2. The number of hydrogen-bond acceptors (Lipinski definition) is 14. The van der Waals surface area contributed by atoms with Crippen LogP contribution in [0.2, 0.25) is 20.1 Å². The molecule has 1 saturated carbocycles. The number of amides is 4. The second-order valence-corrected chi connectivity index (χ2v) is 28.2. The van der Waals surface area contributed by atoms with Crippen LogP contribution in [-0.4, -0.2) is 79.5 Å². The summed E-state index contributed by atoms with van der Waals surface area (Å²) in [5.41, 5.74) is 2.80. The lowest BCUT2D eigenvalue weighted by atomic mass is 10.0. The smallest absolute Gasteiger partial charge is 0.337 e. The number of aromatic hydroxyl groups is 2. The van der Waals surface area contributed by atoms with E-state index in [-0.39, 0.29) is 82.2 Å². The Labute approximate surface area is 527 Å². The number of phenolic OH excluding ortho intramolecular Hbond substituents is 2. The molecule has 0 spiro atoms. The van der Waals surface area contributed by atoms with E-state index < -0.39 is 71.3 Å². The van der Waals surface area contributed by atoms with Crippen molar-refractivity contribution in [1.82, 2.24) is 0 Å². The Morgan fingerprint density at radius 1 is 0.535 bits per heavy atom. The summed E-state index contributed by atoms with van der Waals surface area (Å²) in [5, 5.41) is 29.2. The minimum absolute atomic E-state index is 0.00541. The van der Waals surface area contributed by atoms with Crippen molar-refractivity contribution in [3.05, 3.63) is 181 Å². The van der Waals surface area contributed by atoms with Crippen molar-refractivity contribution in [3.63, 3.8) is 0 Å². The molecular formula is C62H60Cl4N4O12S4. The Balaban J connectivity index is 0.000000246. The van der Waals surface area contributed by atoms with Crippen molar-refractivity contribution in [2.45, 2.75) is 113 Å². The number of aryl methyl sites for hydroxylation is 2. The van der Waals surface area contributed by atoms with Crippen LogP contribution in [0.25, 0.3) is 0 Å². The van der Waals surface area contributed by atoms with E-state index in [1.165, 1.54) is 117 Å². The molecule has 1 aliphatic carbocycles. The molecule has 16 nitrogen and oxygen atoms in total. The number of phenols is 2. The maximum atomic E-state index is 13.5. The standard InChI is InChI=1S/C31H27Cl3N2O5S2.C31H33ClN2O7S2/c1-4-29(43(40,41)21-10-8-20(9-11-21)42-28-13-17(2)5-6-18(28)3)31(39)35-25-16-27(37)26(15-24(25)34)36-30(38)19-7-12-22(32)23(33)14-19;1-3-28(43(39,40)23-15-13-22(14-16-23)42-21-7-5-4-6-8-21)30(37)33-25-18-27(35)26(17-24(25)32)34-29(36)19-9-11-20(12-10-19)31(38)41-2/h5-16,29,37H,4H2,1-3H3,(H,35,39)(H,36,38);9-18,21,28,35H,3-8H2,1-2H3,(H,33,37)(H,34,36). The Hall–Kier alpha value is -6.75. The van der Waals surface area contributed by atoms with Gasteiger partial charge in [-0.05, 0) is 160 Å². The Morgan fingerprint density at radius 3 is 1.48 bits per heavy atom. The summed E-state index contributed by atoms with van der Waals surface area (Å²) >= 11 is 27.8. The fraction of sp³-hybridized carbons (Fsp3) is 0.242. The number of halogens is 4. The van der Waals surface area contributed by atoms with Gasteiger partial charge in [-0.3, -0.25) is 19.2 Å². The van der Waals surface area contributed by atoms with E-state index in [9.17, 15) is 51.0 Å². The molecule has 7 aromatic carbocycles. The van der Waals surface area contributed by atoms with E-state index in [1.807, 2.05) is 26.0 Å². The van der Waals surface area contributed by atoms with Crippen molar-refractivity contribution in [1.29, 1.82) is 0 Å². The highest BCUT2D eigenvalue weighted by Crippen LogP contribution is 2.39. The van der Waals surface area contributed by atoms with Crippen LogP contribution in [0.15, 0.2) is 158 Å². The second-order valence-electron chi connectivity index (χ2n) is 19.9. The first-order chi connectivity index (χ1) is 40.8. The molecule has 1 aliphatic rings. The maximum absolute atomic E-state index is 13.5. The lowest BCUT2D eigenvalue weighted by molar-refractivity contribution is -0.116. The summed E-state index contributed by atoms with van der Waals surface area (Å²) in [6.45, 7) is 7.21. The molecule has 1 fully saturated rings. The third-order valence-electron chi connectivity index (χ3n) is 13.7. The molecule has 0 radical (unpaired) electrons. The van der Waals surface area contributed by atoms with Gasteiger partial charge in [0.2, 0.25) is 11.8 Å². The summed E-state index contributed by atoms with van der Waals surface area (Å²) in [6, 6.07) is 33.9. The van der Waals surface area contributed by atoms with Crippen molar-refractivity contribution < 1.29 is 55.8 Å². The molecule has 0 bridgehead atoms. The number of rotatable bonds is 19. The minimum atomic E-state index is -4.06. The number of nitrogens with one attached hydrogen (secondary N) is 4. The van der Waals surface area contributed by atoms with Crippen LogP contribution in [0.5, 0.6) is 11.5 Å². The Kier molecular flexibility index (Phi) is 23.1. The van der Waals surface area contributed by atoms with Crippen LogP contribution < -0.4 is 21.3 Å². The summed E-state index contributed by atoms with van der Waals surface area (Å²) in [5.74, 6) is -4.13. The summed E-state index contributed by atoms with van der Waals surface area (Å²) in [4.78, 5) is 66.2. The van der Waals surface area contributed by atoms with Crippen LogP contribution in [0, 0.1) is 13.8 Å². The molecule has 24 heteroatoms. The first-order valence-corrected chi connectivity index (χ1v) is 33.2. The number of carbonyl (C=O) groups is 5. The third kappa shape index (κ3) is 16.9. The van der Waals surface area contributed by atoms with Gasteiger partial charge >= 0.3 is 5.97 Å². The zero-order valence-corrected chi connectivity index (χ0v) is 53.3. The van der Waals surface area contributed by atoms with Crippen LogP contribution in [0.3, 0.4) is 0 Å². The van der Waals surface area contributed by atoms with Crippen molar-refractivity contribution >= 4 is 142 Å². The molecule has 7 aromatic rings. The fourth-order valence-electron chi connectivity index (χ4n) is 8.99. The van der Waals surface area contributed by atoms with Gasteiger partial charge in [0.15, 0.2) is 19.7 Å². The first kappa shape index (κ1) is 66.8. The van der Waals surface area contributed by atoms with Gasteiger partial charge in [0, 0.05) is 43.2 Å². The van der Waals surface area contributed by atoms with Gasteiger partial charge in [-0.2, -0.15) is 0 Å². The second kappa shape index (κ2) is 29.8. The molecule has 452 valence electrons. The zero-order valence-electron chi connectivity index (χ0n) is 47.0. The van der Waals surface area contributed by atoms with E-state index in [0.717, 1.165) is 50.8 Å². The van der Waals surface area contributed by atoms with E-state index in [4.69, 9.17) is 46.4 Å². The molecule has 8 rings (SSSR count). The summed E-state index contributed by atoms with van der Waals surface area (Å²) in [6.07, 6.45) is 6.00. The van der Waals surface area contributed by atoms with Crippen molar-refractivity contribution in [3.8, 4) is 11.5 Å². The highest BCUT2D eigenvalue weighted by Gasteiger charge is 2.35. The lowest BCUT2D eigenvalue weighted by Gasteiger charge is -2.21. The van der Waals surface area contributed by atoms with E-state index >= 15 is 0 Å². The van der Waals surface area contributed by atoms with E-state index in [1.54, 1.807) is 49.9 Å². The molecule has 6 N–H and O–H groups in total. The highest BCUT2D eigenvalue weighted by molar-refractivity contribution is 8.00. The molecule has 0 aliphatic heterocycles. The van der Waals surface area contributed by atoms with Gasteiger partial charge < -0.3 is 36.2 Å². The van der Waals surface area contributed by atoms with Gasteiger partial charge in [0.05, 0.1) is 65.3 Å². The molecule has 2 unspecified atom stereocenters. The van der Waals surface area contributed by atoms with Gasteiger partial charge in [0.25, 0.3) is 11.8 Å². The molecular weight excluding hydrogens is 1260 g/mol. The van der Waals surface area contributed by atoms with Gasteiger partial charge in [0.1, 0.15) is 22.0 Å². The van der Waals surface area contributed by atoms with Gasteiger partial charge in [-0.15, -0.1) is 11.8 Å². The topological polar surface area (TPSA) is 251 Å². The van der Waals surface area contributed by atoms with Gasteiger partial charge in [-0.1, -0.05) is 103 Å². The molecule has 0 heterocycles. The van der Waals surface area contributed by atoms with Gasteiger partial charge in [-0.25, -0.2) is 21.6 Å². The SMILES string of the molecule is CCC(C(=O)Nc1cc(O)c(NC(=O)c2ccc(C(=O)OC)cc2)cc1Cl)S(=O)(=O)c1ccc(SC2CCCCC2)cc1.CCC(C(=O)Nc1cc(O)c(NC(=O)c2ccc(Cl)c(Cl)c2)cc1Cl)S(=O)(=O)c1ccc(Sc2cc(C)ccc2C)cc1. The monoisotopic (exact) mass is 1320 g/mol. The minimum Gasteiger partial charge on any atom is -0.506 e. The molecule has 0 aromatic heterocycles. The Morgan fingerprint density at radius 2 is 1.00 bits per heavy atom. The van der Waals surface area contributed by atoms with E-state index in [0.29, 0.717) is 5.25 Å². The normalized spacial score (nSPS) is 13.3. The molecule has 86 heavy (non-hydrogen) atoms. The molecule has 4 amide bonds. The average Bonchev–Trinajstić information content (AvgIpc) is 2.39. The summed E-state index contributed by atoms with van der Waals surface area (Å²) < 4.78 is 58.4. The van der Waals surface area contributed by atoms with Crippen LogP contribution in [0.4, 0.5) is 22.7 Å². The number of methoxy groups -OCH3 is 1. The van der Waals surface area contributed by atoms with Crippen molar-refractivity contribution in [2.24, 2.45) is 0 Å². The van der Waals surface area contributed by atoms with Crippen LogP contribution in [-0.2, 0) is 34.0 Å². The Bertz CT molecular complexity index is 3910. The number of anilines is 4. The highest BCUT2D eigenvalue weighted by atomic mass is 35.5. The third-order valence-corrected chi connectivity index (χ3v) is 22.1. The van der Waals surface area contributed by atoms with Crippen LogP contribution in [0.1, 0.15) is 101 Å². The number of sulfone groups is 2.